The van der Waals surface area contributed by atoms with Gasteiger partial charge in [-0.3, -0.25) is 0 Å². The van der Waals surface area contributed by atoms with Crippen molar-refractivity contribution in [3.63, 3.8) is 0 Å². The van der Waals surface area contributed by atoms with Gasteiger partial charge in [0.15, 0.2) is 0 Å². The summed E-state index contributed by atoms with van der Waals surface area (Å²) >= 11 is 0. The molecule has 0 heterocycles. The van der Waals surface area contributed by atoms with Crippen LogP contribution < -0.4 is 5.32 Å². The molecule has 1 atom stereocenters. The van der Waals surface area contributed by atoms with Crippen LogP contribution in [0, 0.1) is 5.92 Å². The normalized spacial score (nSPS) is 13.1. The summed E-state index contributed by atoms with van der Waals surface area (Å²) in [6, 6.07) is 0.704. The van der Waals surface area contributed by atoms with Gasteiger partial charge in [0.05, 0.1) is 0 Å². The van der Waals surface area contributed by atoms with E-state index in [-0.39, 0.29) is 0 Å². The van der Waals surface area contributed by atoms with E-state index in [1.807, 2.05) is 6.08 Å². The number of hydrogen-bond donors (Lipinski definition) is 1. The maximum absolute atomic E-state index is 3.78. The maximum atomic E-state index is 3.78. The lowest BCUT2D eigenvalue weighted by Crippen LogP contribution is -2.29. The molecule has 0 rings (SSSR count). The van der Waals surface area contributed by atoms with Crippen molar-refractivity contribution in [2.45, 2.75) is 58.9 Å². The quantitative estimate of drug-likeness (QED) is 0.555. The molecular weight excluding hydrogens is 170 g/mol. The Bertz CT molecular complexity index is 129. The fourth-order valence-corrected chi connectivity index (χ4v) is 1.55. The van der Waals surface area contributed by atoms with Gasteiger partial charge in [-0.15, -0.1) is 6.58 Å². The first-order valence-corrected chi connectivity index (χ1v) is 6.05. The first-order chi connectivity index (χ1) is 6.70. The van der Waals surface area contributed by atoms with Crippen molar-refractivity contribution in [2.75, 3.05) is 6.54 Å². The molecular formula is C13H27N. The Labute approximate surface area is 90.0 Å². The molecule has 0 aromatic rings. The molecule has 0 spiro atoms. The molecule has 0 aliphatic rings. The first kappa shape index (κ1) is 13.7. The largest absolute Gasteiger partial charge is 0.314 e. The van der Waals surface area contributed by atoms with Crippen molar-refractivity contribution in [1.29, 1.82) is 0 Å². The minimum Gasteiger partial charge on any atom is -0.314 e. The highest BCUT2D eigenvalue weighted by molar-refractivity contribution is 4.74. The molecule has 0 aromatic carbocycles. The van der Waals surface area contributed by atoms with Gasteiger partial charge in [0.2, 0.25) is 0 Å². The van der Waals surface area contributed by atoms with Gasteiger partial charge < -0.3 is 5.32 Å². The second-order valence-corrected chi connectivity index (χ2v) is 4.49. The molecule has 1 heteroatoms. The van der Waals surface area contributed by atoms with Gasteiger partial charge in [-0.2, -0.15) is 0 Å². The number of allylic oxidation sites excluding steroid dienone is 1. The summed E-state index contributed by atoms with van der Waals surface area (Å²) < 4.78 is 0. The predicted molar refractivity (Wildman–Crippen MR) is 65.6 cm³/mol. The lowest BCUT2D eigenvalue weighted by molar-refractivity contribution is 0.412. The van der Waals surface area contributed by atoms with Gasteiger partial charge in [0, 0.05) is 6.04 Å². The van der Waals surface area contributed by atoms with Gasteiger partial charge in [0.1, 0.15) is 0 Å². The maximum Gasteiger partial charge on any atom is 0.00701 e. The van der Waals surface area contributed by atoms with E-state index in [4.69, 9.17) is 0 Å². The molecule has 1 nitrogen and oxygen atoms in total. The molecule has 0 amide bonds. The number of hydrogen-bond acceptors (Lipinski definition) is 1. The fraction of sp³-hybridized carbons (Fsp3) is 0.846. The van der Waals surface area contributed by atoms with E-state index in [9.17, 15) is 0 Å². The van der Waals surface area contributed by atoms with Gasteiger partial charge in [-0.1, -0.05) is 26.8 Å². The van der Waals surface area contributed by atoms with Crippen molar-refractivity contribution in [2.24, 2.45) is 5.92 Å². The molecule has 0 aliphatic heterocycles. The topological polar surface area (TPSA) is 12.0 Å². The molecule has 0 radical (unpaired) electrons. The van der Waals surface area contributed by atoms with E-state index >= 15 is 0 Å². The summed E-state index contributed by atoms with van der Waals surface area (Å²) in [6.45, 7) is 11.7. The zero-order chi connectivity index (χ0) is 10.8. The summed E-state index contributed by atoms with van der Waals surface area (Å²) in [7, 11) is 0. The highest BCUT2D eigenvalue weighted by Gasteiger charge is 2.07. The third kappa shape index (κ3) is 8.31. The van der Waals surface area contributed by atoms with Crippen molar-refractivity contribution < 1.29 is 0 Å². The summed E-state index contributed by atoms with van der Waals surface area (Å²) in [5.74, 6) is 0.824. The first-order valence-electron chi connectivity index (χ1n) is 6.05. The van der Waals surface area contributed by atoms with E-state index < -0.39 is 0 Å². The monoisotopic (exact) mass is 197 g/mol. The van der Waals surface area contributed by atoms with Crippen LogP contribution in [0.3, 0.4) is 0 Å². The van der Waals surface area contributed by atoms with E-state index in [0.29, 0.717) is 6.04 Å². The molecule has 0 aromatic heterocycles. The Kier molecular flexibility index (Phi) is 9.06. The average Bonchev–Trinajstić information content (AvgIpc) is 2.16. The van der Waals surface area contributed by atoms with Gasteiger partial charge in [-0.25, -0.2) is 0 Å². The van der Waals surface area contributed by atoms with Crippen molar-refractivity contribution in [3.05, 3.63) is 12.7 Å². The summed E-state index contributed by atoms with van der Waals surface area (Å²) in [5.41, 5.74) is 0. The van der Waals surface area contributed by atoms with E-state index in [1.165, 1.54) is 25.7 Å². The van der Waals surface area contributed by atoms with Crippen LogP contribution in [0.25, 0.3) is 0 Å². The zero-order valence-electron chi connectivity index (χ0n) is 10.2. The standard InChI is InChI=1S/C13H27N/c1-5-7-8-13(14-11-6-2)10-9-12(3)4/h5,12-14H,1,6-11H2,2-4H3. The van der Waals surface area contributed by atoms with Gasteiger partial charge >= 0.3 is 0 Å². The number of nitrogens with one attached hydrogen (secondary N) is 1. The lowest BCUT2D eigenvalue weighted by Gasteiger charge is -2.18. The Balaban J connectivity index is 3.65. The average molecular weight is 197 g/mol. The lowest BCUT2D eigenvalue weighted by atomic mass is 10.00. The minimum atomic E-state index is 0.704. The highest BCUT2D eigenvalue weighted by Crippen LogP contribution is 2.11. The summed E-state index contributed by atoms with van der Waals surface area (Å²) in [6.07, 6.45) is 8.28. The van der Waals surface area contributed by atoms with Crippen LogP contribution in [-0.4, -0.2) is 12.6 Å². The Morgan fingerprint density at radius 3 is 2.43 bits per heavy atom. The van der Waals surface area contributed by atoms with Crippen LogP contribution in [-0.2, 0) is 0 Å². The molecule has 0 saturated heterocycles. The molecule has 0 fully saturated rings. The molecule has 0 bridgehead atoms. The van der Waals surface area contributed by atoms with Crippen molar-refractivity contribution in [1.82, 2.24) is 5.32 Å². The number of rotatable bonds is 9. The SMILES string of the molecule is C=CCCC(CCC(C)C)NCCC. The Morgan fingerprint density at radius 1 is 1.21 bits per heavy atom. The van der Waals surface area contributed by atoms with Crippen molar-refractivity contribution in [3.8, 4) is 0 Å². The van der Waals surface area contributed by atoms with Crippen LogP contribution in [0.15, 0.2) is 12.7 Å². The fourth-order valence-electron chi connectivity index (χ4n) is 1.55. The van der Waals surface area contributed by atoms with Gasteiger partial charge in [0.25, 0.3) is 0 Å². The zero-order valence-corrected chi connectivity index (χ0v) is 10.2. The third-order valence-electron chi connectivity index (χ3n) is 2.49. The smallest absolute Gasteiger partial charge is 0.00701 e. The van der Waals surface area contributed by atoms with E-state index in [0.717, 1.165) is 18.9 Å². The molecule has 1 N–H and O–H groups in total. The summed E-state index contributed by atoms with van der Waals surface area (Å²) in [4.78, 5) is 0. The van der Waals surface area contributed by atoms with Crippen LogP contribution in [0.1, 0.15) is 52.9 Å². The van der Waals surface area contributed by atoms with E-state index in [1.54, 1.807) is 0 Å². The molecule has 84 valence electrons. The molecule has 0 saturated carbocycles. The molecule has 1 unspecified atom stereocenters. The third-order valence-corrected chi connectivity index (χ3v) is 2.49. The second kappa shape index (κ2) is 9.26. The molecule has 0 aliphatic carbocycles. The van der Waals surface area contributed by atoms with Crippen LogP contribution >= 0.6 is 0 Å². The minimum absolute atomic E-state index is 0.704. The predicted octanol–water partition coefficient (Wildman–Crippen LogP) is 3.76. The Hall–Kier alpha value is -0.300. The molecule has 14 heavy (non-hydrogen) atoms. The van der Waals surface area contributed by atoms with E-state index in [2.05, 4.69) is 32.7 Å². The van der Waals surface area contributed by atoms with Crippen LogP contribution in [0.5, 0.6) is 0 Å². The van der Waals surface area contributed by atoms with Crippen molar-refractivity contribution >= 4 is 0 Å². The van der Waals surface area contributed by atoms with Gasteiger partial charge in [-0.05, 0) is 44.6 Å². The highest BCUT2D eigenvalue weighted by atomic mass is 14.9. The van der Waals surface area contributed by atoms with Crippen LogP contribution in [0.2, 0.25) is 0 Å². The Morgan fingerprint density at radius 2 is 1.93 bits per heavy atom. The summed E-state index contributed by atoms with van der Waals surface area (Å²) in [5, 5.41) is 3.61. The second-order valence-electron chi connectivity index (χ2n) is 4.49. The van der Waals surface area contributed by atoms with Crippen LogP contribution in [0.4, 0.5) is 0 Å².